The first-order chi connectivity index (χ1) is 9.99. The number of carbonyl (C=O) groups excluding carboxylic acids is 2. The van der Waals surface area contributed by atoms with Crippen LogP contribution in [0, 0.1) is 0 Å². The number of fused-ring (bicyclic) bond motifs is 1. The van der Waals surface area contributed by atoms with Gasteiger partial charge >= 0.3 is 0 Å². The third kappa shape index (κ3) is 3.82. The Kier molecular flexibility index (Phi) is 4.96. The molecule has 0 saturated heterocycles. The van der Waals surface area contributed by atoms with E-state index in [-0.39, 0.29) is 11.8 Å². The Morgan fingerprint density at radius 2 is 2.10 bits per heavy atom. The zero-order chi connectivity index (χ0) is 15.4. The highest BCUT2D eigenvalue weighted by molar-refractivity contribution is 5.97. The van der Waals surface area contributed by atoms with Crippen molar-refractivity contribution in [1.82, 2.24) is 10.2 Å². The molecule has 114 valence electrons. The summed E-state index contributed by atoms with van der Waals surface area (Å²) in [5.74, 6) is 0.00691. The second kappa shape index (κ2) is 6.72. The number of benzene rings is 1. The number of nitrogens with one attached hydrogen (secondary N) is 1. The van der Waals surface area contributed by atoms with Crippen LogP contribution < -0.4 is 10.2 Å². The third-order valence-corrected chi connectivity index (χ3v) is 3.68. The van der Waals surface area contributed by atoms with E-state index in [1.54, 1.807) is 17.9 Å². The molecule has 0 atom stereocenters. The molecule has 21 heavy (non-hydrogen) atoms. The van der Waals surface area contributed by atoms with Crippen LogP contribution in [-0.2, 0) is 11.2 Å². The van der Waals surface area contributed by atoms with Gasteiger partial charge in [0.1, 0.15) is 0 Å². The van der Waals surface area contributed by atoms with E-state index in [0.29, 0.717) is 18.7 Å². The Labute approximate surface area is 125 Å². The van der Waals surface area contributed by atoms with E-state index in [9.17, 15) is 9.59 Å². The van der Waals surface area contributed by atoms with Gasteiger partial charge in [0.05, 0.1) is 0 Å². The molecule has 1 aromatic carbocycles. The smallest absolute Gasteiger partial charge is 0.251 e. The Morgan fingerprint density at radius 3 is 2.76 bits per heavy atom. The Bertz CT molecular complexity index is 540. The summed E-state index contributed by atoms with van der Waals surface area (Å²) in [5, 5.41) is 2.93. The van der Waals surface area contributed by atoms with E-state index in [0.717, 1.165) is 30.6 Å². The first kappa shape index (κ1) is 15.5. The average molecular weight is 289 g/mol. The van der Waals surface area contributed by atoms with Gasteiger partial charge in [-0.15, -0.1) is 0 Å². The Hall–Kier alpha value is -1.88. The molecule has 0 aliphatic carbocycles. The minimum absolute atomic E-state index is 0.0437. The van der Waals surface area contributed by atoms with Crippen molar-refractivity contribution >= 4 is 17.5 Å². The third-order valence-electron chi connectivity index (χ3n) is 3.68. The summed E-state index contributed by atoms with van der Waals surface area (Å²) in [6, 6.07) is 5.57. The van der Waals surface area contributed by atoms with Gasteiger partial charge in [0, 0.05) is 31.3 Å². The maximum atomic E-state index is 12.1. The lowest BCUT2D eigenvalue weighted by Gasteiger charge is -2.15. The van der Waals surface area contributed by atoms with Crippen molar-refractivity contribution in [2.24, 2.45) is 0 Å². The zero-order valence-electron chi connectivity index (χ0n) is 13.0. The number of rotatable bonds is 5. The molecule has 0 aromatic heterocycles. The SMILES string of the molecule is CC(=O)N1CCc2cc(C(=O)NCCCN(C)C)ccc21. The van der Waals surface area contributed by atoms with E-state index in [1.807, 2.05) is 26.2 Å². The molecule has 1 aliphatic heterocycles. The van der Waals surface area contributed by atoms with E-state index < -0.39 is 0 Å². The molecule has 0 radical (unpaired) electrons. The minimum atomic E-state index is -0.0437. The van der Waals surface area contributed by atoms with Crippen LogP contribution >= 0.6 is 0 Å². The lowest BCUT2D eigenvalue weighted by atomic mass is 10.1. The van der Waals surface area contributed by atoms with E-state index in [2.05, 4.69) is 10.2 Å². The van der Waals surface area contributed by atoms with Gasteiger partial charge in [-0.1, -0.05) is 0 Å². The fraction of sp³-hybridized carbons (Fsp3) is 0.500. The van der Waals surface area contributed by atoms with E-state index >= 15 is 0 Å². The van der Waals surface area contributed by atoms with Gasteiger partial charge in [-0.25, -0.2) is 0 Å². The number of carbonyl (C=O) groups is 2. The van der Waals surface area contributed by atoms with Gasteiger partial charge in [0.2, 0.25) is 5.91 Å². The highest BCUT2D eigenvalue weighted by Gasteiger charge is 2.22. The zero-order valence-corrected chi connectivity index (χ0v) is 13.0. The lowest BCUT2D eigenvalue weighted by molar-refractivity contribution is -0.116. The number of hydrogen-bond acceptors (Lipinski definition) is 3. The molecule has 0 fully saturated rings. The highest BCUT2D eigenvalue weighted by atomic mass is 16.2. The fourth-order valence-corrected chi connectivity index (χ4v) is 2.57. The normalized spacial score (nSPS) is 13.4. The molecule has 0 saturated carbocycles. The summed E-state index contributed by atoms with van der Waals surface area (Å²) >= 11 is 0. The summed E-state index contributed by atoms with van der Waals surface area (Å²) in [4.78, 5) is 27.5. The molecule has 1 aliphatic rings. The number of amides is 2. The molecule has 1 aromatic rings. The largest absolute Gasteiger partial charge is 0.352 e. The van der Waals surface area contributed by atoms with Crippen molar-refractivity contribution in [2.75, 3.05) is 38.6 Å². The molecule has 2 amide bonds. The van der Waals surface area contributed by atoms with Crippen LogP contribution in [-0.4, -0.2) is 50.4 Å². The van der Waals surface area contributed by atoms with Crippen LogP contribution in [0.4, 0.5) is 5.69 Å². The summed E-state index contributed by atoms with van der Waals surface area (Å²) in [7, 11) is 4.03. The predicted molar refractivity (Wildman–Crippen MR) is 83.7 cm³/mol. The van der Waals surface area contributed by atoms with Crippen LogP contribution in [0.2, 0.25) is 0 Å². The van der Waals surface area contributed by atoms with Gasteiger partial charge in [-0.2, -0.15) is 0 Å². The van der Waals surface area contributed by atoms with E-state index in [4.69, 9.17) is 0 Å². The van der Waals surface area contributed by atoms with Crippen LogP contribution in [0.3, 0.4) is 0 Å². The Balaban J connectivity index is 1.96. The Morgan fingerprint density at radius 1 is 1.33 bits per heavy atom. The molecule has 0 unspecified atom stereocenters. The van der Waals surface area contributed by atoms with Crippen molar-refractivity contribution in [1.29, 1.82) is 0 Å². The van der Waals surface area contributed by atoms with E-state index in [1.165, 1.54) is 0 Å². The van der Waals surface area contributed by atoms with Crippen LogP contribution in [0.1, 0.15) is 29.3 Å². The molecular weight excluding hydrogens is 266 g/mol. The minimum Gasteiger partial charge on any atom is -0.352 e. The molecule has 1 heterocycles. The topological polar surface area (TPSA) is 52.7 Å². The van der Waals surface area contributed by atoms with Crippen molar-refractivity contribution < 1.29 is 9.59 Å². The van der Waals surface area contributed by atoms with Crippen LogP contribution in [0.25, 0.3) is 0 Å². The number of anilines is 1. The van der Waals surface area contributed by atoms with Crippen LogP contribution in [0.15, 0.2) is 18.2 Å². The van der Waals surface area contributed by atoms with Crippen LogP contribution in [0.5, 0.6) is 0 Å². The quantitative estimate of drug-likeness (QED) is 0.831. The molecule has 5 nitrogen and oxygen atoms in total. The van der Waals surface area contributed by atoms with Gasteiger partial charge in [-0.05, 0) is 57.2 Å². The number of hydrogen-bond donors (Lipinski definition) is 1. The first-order valence-electron chi connectivity index (χ1n) is 7.33. The number of nitrogens with zero attached hydrogens (tertiary/aromatic N) is 2. The van der Waals surface area contributed by atoms with Gasteiger partial charge < -0.3 is 15.1 Å². The maximum Gasteiger partial charge on any atom is 0.251 e. The van der Waals surface area contributed by atoms with Crippen molar-refractivity contribution in [3.8, 4) is 0 Å². The lowest BCUT2D eigenvalue weighted by Crippen LogP contribution is -2.27. The van der Waals surface area contributed by atoms with Gasteiger partial charge in [-0.3, -0.25) is 9.59 Å². The molecule has 1 N–H and O–H groups in total. The average Bonchev–Trinajstić information content (AvgIpc) is 2.86. The molecule has 2 rings (SSSR count). The van der Waals surface area contributed by atoms with Crippen molar-refractivity contribution in [2.45, 2.75) is 19.8 Å². The highest BCUT2D eigenvalue weighted by Crippen LogP contribution is 2.28. The molecule has 5 heteroatoms. The monoisotopic (exact) mass is 289 g/mol. The molecular formula is C16H23N3O2. The van der Waals surface area contributed by atoms with Crippen molar-refractivity contribution in [3.05, 3.63) is 29.3 Å². The standard InChI is InChI=1S/C16H23N3O2/c1-12(20)19-10-7-13-11-14(5-6-15(13)19)16(21)17-8-4-9-18(2)3/h5-6,11H,4,7-10H2,1-3H3,(H,17,21). The second-order valence-corrected chi connectivity index (χ2v) is 5.68. The summed E-state index contributed by atoms with van der Waals surface area (Å²) < 4.78 is 0. The predicted octanol–water partition coefficient (Wildman–Crippen LogP) is 1.28. The summed E-state index contributed by atoms with van der Waals surface area (Å²) in [6.07, 6.45) is 1.75. The van der Waals surface area contributed by atoms with Crippen molar-refractivity contribution in [3.63, 3.8) is 0 Å². The second-order valence-electron chi connectivity index (χ2n) is 5.68. The molecule has 0 spiro atoms. The maximum absolute atomic E-state index is 12.1. The van der Waals surface area contributed by atoms with Gasteiger partial charge in [0.15, 0.2) is 0 Å². The first-order valence-corrected chi connectivity index (χ1v) is 7.33. The molecule has 0 bridgehead atoms. The van der Waals surface area contributed by atoms with Gasteiger partial charge in [0.25, 0.3) is 5.91 Å². The summed E-state index contributed by atoms with van der Waals surface area (Å²) in [5.41, 5.74) is 2.68. The fourth-order valence-electron chi connectivity index (χ4n) is 2.57. The summed E-state index contributed by atoms with van der Waals surface area (Å²) in [6.45, 7) is 3.91.